The van der Waals surface area contributed by atoms with Gasteiger partial charge in [0, 0.05) is 6.54 Å². The smallest absolute Gasteiger partial charge is 0.321 e. The maximum absolute atomic E-state index is 11.5. The molecule has 0 aromatic heterocycles. The van der Waals surface area contributed by atoms with Crippen molar-refractivity contribution in [3.63, 3.8) is 0 Å². The second kappa shape index (κ2) is 6.52. The van der Waals surface area contributed by atoms with Crippen LogP contribution in [-0.2, 0) is 4.79 Å². The zero-order chi connectivity index (χ0) is 12.7. The highest BCUT2D eigenvalue weighted by atomic mass is 16.5. The SMILES string of the molecule is CCNC(=O)NC(=O)C(C)Oc1ccccc1. The topological polar surface area (TPSA) is 67.4 Å². The van der Waals surface area contributed by atoms with Crippen LogP contribution < -0.4 is 15.4 Å². The van der Waals surface area contributed by atoms with Crippen molar-refractivity contribution in [3.05, 3.63) is 30.3 Å². The van der Waals surface area contributed by atoms with Gasteiger partial charge in [-0.2, -0.15) is 0 Å². The van der Waals surface area contributed by atoms with Gasteiger partial charge in [-0.25, -0.2) is 4.79 Å². The normalized spacial score (nSPS) is 11.4. The number of ether oxygens (including phenoxy) is 1. The Labute approximate surface area is 100 Å². The summed E-state index contributed by atoms with van der Waals surface area (Å²) in [7, 11) is 0. The van der Waals surface area contributed by atoms with Crippen LogP contribution in [0.2, 0.25) is 0 Å². The molecule has 5 nitrogen and oxygen atoms in total. The molecule has 5 heteroatoms. The summed E-state index contributed by atoms with van der Waals surface area (Å²) >= 11 is 0. The van der Waals surface area contributed by atoms with Gasteiger partial charge >= 0.3 is 6.03 Å². The molecule has 1 aromatic rings. The minimum atomic E-state index is -0.722. The lowest BCUT2D eigenvalue weighted by Crippen LogP contribution is -2.45. The van der Waals surface area contributed by atoms with Crippen molar-refractivity contribution in [1.29, 1.82) is 0 Å². The summed E-state index contributed by atoms with van der Waals surface area (Å²) < 4.78 is 5.36. The van der Waals surface area contributed by atoms with E-state index in [2.05, 4.69) is 10.6 Å². The van der Waals surface area contributed by atoms with Gasteiger partial charge in [0.25, 0.3) is 5.91 Å². The molecule has 0 aliphatic rings. The van der Waals surface area contributed by atoms with E-state index in [0.29, 0.717) is 12.3 Å². The van der Waals surface area contributed by atoms with Gasteiger partial charge in [-0.3, -0.25) is 10.1 Å². The predicted molar refractivity (Wildman–Crippen MR) is 63.7 cm³/mol. The van der Waals surface area contributed by atoms with E-state index in [1.165, 1.54) is 0 Å². The van der Waals surface area contributed by atoms with E-state index in [1.807, 2.05) is 18.2 Å². The minimum absolute atomic E-state index is 0.465. The number of imide groups is 1. The van der Waals surface area contributed by atoms with Crippen molar-refractivity contribution in [2.75, 3.05) is 6.54 Å². The number of rotatable bonds is 4. The van der Waals surface area contributed by atoms with E-state index in [9.17, 15) is 9.59 Å². The Kier molecular flexibility index (Phi) is 5.00. The Bertz CT molecular complexity index is 379. The fourth-order valence-corrected chi connectivity index (χ4v) is 1.17. The number of para-hydroxylation sites is 1. The molecular weight excluding hydrogens is 220 g/mol. The molecule has 1 atom stereocenters. The van der Waals surface area contributed by atoms with Crippen LogP contribution in [0, 0.1) is 0 Å². The van der Waals surface area contributed by atoms with Crippen molar-refractivity contribution in [1.82, 2.24) is 10.6 Å². The summed E-state index contributed by atoms with van der Waals surface area (Å²) in [5, 5.41) is 4.66. The molecule has 0 saturated carbocycles. The summed E-state index contributed by atoms with van der Waals surface area (Å²) in [6.07, 6.45) is -0.722. The number of carbonyl (C=O) groups excluding carboxylic acids is 2. The highest BCUT2D eigenvalue weighted by Gasteiger charge is 2.16. The first-order chi connectivity index (χ1) is 8.13. The third-order valence-electron chi connectivity index (χ3n) is 2.00. The van der Waals surface area contributed by atoms with Crippen LogP contribution in [0.1, 0.15) is 13.8 Å². The molecule has 0 heterocycles. The third kappa shape index (κ3) is 4.55. The van der Waals surface area contributed by atoms with Gasteiger partial charge in [-0.05, 0) is 26.0 Å². The van der Waals surface area contributed by atoms with Crippen LogP contribution >= 0.6 is 0 Å². The fourth-order valence-electron chi connectivity index (χ4n) is 1.17. The summed E-state index contributed by atoms with van der Waals surface area (Å²) in [6.45, 7) is 3.82. The molecule has 0 saturated heterocycles. The van der Waals surface area contributed by atoms with Gasteiger partial charge in [0.1, 0.15) is 5.75 Å². The summed E-state index contributed by atoms with van der Waals surface area (Å²) in [6, 6.07) is 8.45. The Morgan fingerprint density at radius 3 is 2.53 bits per heavy atom. The van der Waals surface area contributed by atoms with Crippen LogP contribution in [0.5, 0.6) is 5.75 Å². The summed E-state index contributed by atoms with van der Waals surface area (Å²) in [5.74, 6) is 0.117. The molecular formula is C12H16N2O3. The molecule has 0 aliphatic carbocycles. The number of amides is 3. The average Bonchev–Trinajstić information content (AvgIpc) is 2.30. The lowest BCUT2D eigenvalue weighted by atomic mass is 10.3. The number of urea groups is 1. The molecule has 3 amide bonds. The number of hydrogen-bond acceptors (Lipinski definition) is 3. The monoisotopic (exact) mass is 236 g/mol. The van der Waals surface area contributed by atoms with E-state index in [0.717, 1.165) is 0 Å². The second-order valence-electron chi connectivity index (χ2n) is 3.42. The number of benzene rings is 1. The Balaban J connectivity index is 2.45. The second-order valence-corrected chi connectivity index (χ2v) is 3.42. The van der Waals surface area contributed by atoms with E-state index >= 15 is 0 Å². The molecule has 0 radical (unpaired) electrons. The standard InChI is InChI=1S/C12H16N2O3/c1-3-13-12(16)14-11(15)9(2)17-10-7-5-4-6-8-10/h4-9H,3H2,1-2H3,(H2,13,14,15,16). The van der Waals surface area contributed by atoms with Crippen LogP contribution in [0.4, 0.5) is 4.79 Å². The molecule has 92 valence electrons. The highest BCUT2D eigenvalue weighted by Crippen LogP contribution is 2.10. The zero-order valence-electron chi connectivity index (χ0n) is 9.90. The molecule has 0 aliphatic heterocycles. The largest absolute Gasteiger partial charge is 0.481 e. The maximum atomic E-state index is 11.5. The van der Waals surface area contributed by atoms with Gasteiger partial charge < -0.3 is 10.1 Å². The number of hydrogen-bond donors (Lipinski definition) is 2. The first kappa shape index (κ1) is 13.0. The molecule has 1 rings (SSSR count). The summed E-state index contributed by atoms with van der Waals surface area (Å²) in [4.78, 5) is 22.6. The third-order valence-corrected chi connectivity index (χ3v) is 2.00. The van der Waals surface area contributed by atoms with Crippen molar-refractivity contribution in [2.24, 2.45) is 0 Å². The van der Waals surface area contributed by atoms with Crippen LogP contribution in [-0.4, -0.2) is 24.6 Å². The first-order valence-electron chi connectivity index (χ1n) is 5.44. The molecule has 1 aromatic carbocycles. The van der Waals surface area contributed by atoms with Gasteiger partial charge in [-0.1, -0.05) is 18.2 Å². The Morgan fingerprint density at radius 2 is 1.94 bits per heavy atom. The zero-order valence-corrected chi connectivity index (χ0v) is 9.90. The maximum Gasteiger partial charge on any atom is 0.321 e. The molecule has 0 fully saturated rings. The van der Waals surface area contributed by atoms with Gasteiger partial charge in [0.15, 0.2) is 6.10 Å². The van der Waals surface area contributed by atoms with Gasteiger partial charge in [0.2, 0.25) is 0 Å². The van der Waals surface area contributed by atoms with E-state index in [4.69, 9.17) is 4.74 Å². The number of carbonyl (C=O) groups is 2. The Hall–Kier alpha value is -2.04. The van der Waals surface area contributed by atoms with Crippen molar-refractivity contribution in [2.45, 2.75) is 20.0 Å². The van der Waals surface area contributed by atoms with Crippen molar-refractivity contribution >= 4 is 11.9 Å². The number of nitrogens with one attached hydrogen (secondary N) is 2. The molecule has 0 bridgehead atoms. The van der Waals surface area contributed by atoms with Crippen LogP contribution in [0.3, 0.4) is 0 Å². The van der Waals surface area contributed by atoms with Crippen LogP contribution in [0.15, 0.2) is 30.3 Å². The van der Waals surface area contributed by atoms with Crippen LogP contribution in [0.25, 0.3) is 0 Å². The van der Waals surface area contributed by atoms with Crippen molar-refractivity contribution < 1.29 is 14.3 Å². The van der Waals surface area contributed by atoms with Gasteiger partial charge in [0.05, 0.1) is 0 Å². The highest BCUT2D eigenvalue weighted by molar-refractivity contribution is 5.96. The molecule has 17 heavy (non-hydrogen) atoms. The summed E-state index contributed by atoms with van der Waals surface area (Å²) in [5.41, 5.74) is 0. The van der Waals surface area contributed by atoms with E-state index in [1.54, 1.807) is 26.0 Å². The quantitative estimate of drug-likeness (QED) is 0.828. The lowest BCUT2D eigenvalue weighted by Gasteiger charge is -2.13. The van der Waals surface area contributed by atoms with Crippen molar-refractivity contribution in [3.8, 4) is 5.75 Å². The fraction of sp³-hybridized carbons (Fsp3) is 0.333. The van der Waals surface area contributed by atoms with E-state index < -0.39 is 18.0 Å². The first-order valence-corrected chi connectivity index (χ1v) is 5.44. The molecule has 0 spiro atoms. The minimum Gasteiger partial charge on any atom is -0.481 e. The van der Waals surface area contributed by atoms with E-state index in [-0.39, 0.29) is 0 Å². The Morgan fingerprint density at radius 1 is 1.29 bits per heavy atom. The molecule has 2 N–H and O–H groups in total. The lowest BCUT2D eigenvalue weighted by molar-refractivity contribution is -0.126. The predicted octanol–water partition coefficient (Wildman–Crippen LogP) is 1.30. The average molecular weight is 236 g/mol. The van der Waals surface area contributed by atoms with Gasteiger partial charge in [-0.15, -0.1) is 0 Å². The molecule has 1 unspecified atom stereocenters.